The summed E-state index contributed by atoms with van der Waals surface area (Å²) in [5.41, 5.74) is 13.7. The van der Waals surface area contributed by atoms with Crippen molar-refractivity contribution in [3.63, 3.8) is 0 Å². The fourth-order valence-electron chi connectivity index (χ4n) is 11.3. The van der Waals surface area contributed by atoms with Crippen LogP contribution in [0.1, 0.15) is 41.4 Å². The molecule has 4 amide bonds. The molecule has 5 aromatic heterocycles. The molecule has 454 valence electrons. The van der Waals surface area contributed by atoms with E-state index in [0.29, 0.717) is 62.0 Å². The number of aromatic nitrogens is 6. The van der Waals surface area contributed by atoms with E-state index in [2.05, 4.69) is 0 Å². The summed E-state index contributed by atoms with van der Waals surface area (Å²) < 4.78 is 0. The molecule has 14 heteroatoms. The molecule has 0 saturated carbocycles. The summed E-state index contributed by atoms with van der Waals surface area (Å²) in [5, 5.41) is 0. The highest BCUT2D eigenvalue weighted by atomic mass is 16.2. The van der Waals surface area contributed by atoms with Crippen LogP contribution in [0.25, 0.3) is 89.8 Å². The van der Waals surface area contributed by atoms with Gasteiger partial charge >= 0.3 is 0 Å². The molecule has 94 heavy (non-hydrogen) atoms. The summed E-state index contributed by atoms with van der Waals surface area (Å²) in [5.74, 6) is -1.16. The maximum absolute atomic E-state index is 15.2. The molecule has 0 atom stereocenters. The third-order valence-electron chi connectivity index (χ3n) is 16.6. The van der Waals surface area contributed by atoms with Crippen LogP contribution >= 0.6 is 0 Å². The summed E-state index contributed by atoms with van der Waals surface area (Å²) in [7, 11) is 6.70. The standard InChI is InChI=1S/C80H60N10O4/c1-87(65-33-37-71(81-49-65)53-21-10-5-11-22-53)77(91)60-41-58(42-61(45-60)78(92)88(2)66-34-38-72(82-50-66)54-23-12-6-13-24-54)69-31-20-32-70(75(69)64-47-85-76(86-48-64)57-29-18-9-19-30-57)59-43-62(79(93)89(3)67-35-39-73(83-51-67)55-25-14-7-15-26-55)46-63(44-59)80(94)90(4)68-36-40-74(84-52-68)56-27-16-8-17-28-56/h5-52H,1-4H3. The van der Waals surface area contributed by atoms with Crippen LogP contribution in [0.3, 0.4) is 0 Å². The van der Waals surface area contributed by atoms with Gasteiger partial charge in [-0.3, -0.25) is 39.1 Å². The van der Waals surface area contributed by atoms with Crippen molar-refractivity contribution in [1.82, 2.24) is 29.9 Å². The Hall–Kier alpha value is -12.7. The van der Waals surface area contributed by atoms with Gasteiger partial charge in [-0.25, -0.2) is 9.97 Å². The Balaban J connectivity index is 0.963. The molecule has 0 aliphatic carbocycles. The number of amides is 4. The minimum absolute atomic E-state index is 0.206. The van der Waals surface area contributed by atoms with E-state index in [9.17, 15) is 0 Å². The van der Waals surface area contributed by atoms with Gasteiger partial charge in [0.1, 0.15) is 0 Å². The first-order valence-corrected chi connectivity index (χ1v) is 30.4. The predicted molar refractivity (Wildman–Crippen MR) is 373 cm³/mol. The predicted octanol–water partition coefficient (Wildman–Crippen LogP) is 16.5. The van der Waals surface area contributed by atoms with Gasteiger partial charge in [0.05, 0.1) is 70.3 Å². The molecule has 0 aliphatic heterocycles. The Bertz CT molecular complexity index is 4370. The zero-order valence-electron chi connectivity index (χ0n) is 51.8. The minimum atomic E-state index is -0.410. The molecule has 0 N–H and O–H groups in total. The molecule has 0 spiro atoms. The SMILES string of the molecule is CN(C(=O)c1cc(C(=O)N(C)c2ccc(-c3ccccc3)nc2)cc(-c2cccc(-c3cc(C(=O)N(C)c4ccc(-c5ccccc5)nc4)cc(C(=O)N(C)c4ccc(-c5ccccc5)nc4)c3)c2-c2cnc(-c3ccccc3)nc2)c1)c1ccc(-c2ccccc2)nc1. The number of benzene rings is 8. The first kappa shape index (κ1) is 60.2. The lowest BCUT2D eigenvalue weighted by atomic mass is 9.86. The van der Waals surface area contributed by atoms with Crippen molar-refractivity contribution in [2.75, 3.05) is 47.8 Å². The molecule has 0 aliphatic rings. The topological polar surface area (TPSA) is 159 Å². The van der Waals surface area contributed by atoms with Crippen molar-refractivity contribution in [2.24, 2.45) is 0 Å². The number of anilines is 4. The maximum atomic E-state index is 15.2. The Morgan fingerprint density at radius 3 is 0.766 bits per heavy atom. The number of carbonyl (C=O) groups excluding carboxylic acids is 4. The first-order valence-electron chi connectivity index (χ1n) is 30.4. The Morgan fingerprint density at radius 1 is 0.245 bits per heavy atom. The normalized spacial score (nSPS) is 10.9. The highest BCUT2D eigenvalue weighted by molar-refractivity contribution is 6.14. The Kier molecular flexibility index (Phi) is 17.2. The third-order valence-corrected chi connectivity index (χ3v) is 16.6. The lowest BCUT2D eigenvalue weighted by Gasteiger charge is -2.23. The molecule has 5 heterocycles. The van der Waals surface area contributed by atoms with Crippen LogP contribution in [0.4, 0.5) is 22.7 Å². The van der Waals surface area contributed by atoms with Gasteiger partial charge < -0.3 is 19.6 Å². The van der Waals surface area contributed by atoms with Crippen LogP contribution in [0, 0.1) is 0 Å². The van der Waals surface area contributed by atoms with Gasteiger partial charge in [-0.05, 0) is 107 Å². The van der Waals surface area contributed by atoms with E-state index in [1.54, 1.807) is 102 Å². The van der Waals surface area contributed by atoms with Crippen molar-refractivity contribution in [3.8, 4) is 89.8 Å². The van der Waals surface area contributed by atoms with E-state index in [1.165, 1.54) is 19.6 Å². The van der Waals surface area contributed by atoms with Crippen molar-refractivity contribution in [1.29, 1.82) is 0 Å². The van der Waals surface area contributed by atoms with Crippen molar-refractivity contribution in [2.45, 2.75) is 0 Å². The van der Waals surface area contributed by atoms with Crippen molar-refractivity contribution < 1.29 is 19.2 Å². The molecule has 8 aromatic carbocycles. The lowest BCUT2D eigenvalue weighted by Crippen LogP contribution is -2.29. The van der Waals surface area contributed by atoms with Gasteiger partial charge in [0.2, 0.25) is 0 Å². The van der Waals surface area contributed by atoms with Crippen LogP contribution in [0.5, 0.6) is 0 Å². The van der Waals surface area contributed by atoms with Gasteiger partial charge in [0, 0.05) is 102 Å². The molecule has 0 unspecified atom stereocenters. The monoisotopic (exact) mass is 1220 g/mol. The molecule has 13 rings (SSSR count). The average Bonchev–Trinajstić information content (AvgIpc) is 0.771. The summed E-state index contributed by atoms with van der Waals surface area (Å²) in [6.45, 7) is 0. The first-order chi connectivity index (χ1) is 45.9. The maximum Gasteiger partial charge on any atom is 0.258 e. The van der Waals surface area contributed by atoms with E-state index in [4.69, 9.17) is 29.9 Å². The van der Waals surface area contributed by atoms with Crippen LogP contribution in [-0.2, 0) is 0 Å². The van der Waals surface area contributed by atoms with Crippen LogP contribution in [0.2, 0.25) is 0 Å². The summed E-state index contributed by atoms with van der Waals surface area (Å²) in [6, 6.07) is 79.6. The Labute approximate surface area is 544 Å². The molecule has 13 aromatic rings. The third kappa shape index (κ3) is 12.8. The van der Waals surface area contributed by atoms with Crippen LogP contribution < -0.4 is 19.6 Å². The van der Waals surface area contributed by atoms with Crippen molar-refractivity contribution >= 4 is 46.4 Å². The largest absolute Gasteiger partial charge is 0.310 e. The highest BCUT2D eigenvalue weighted by Gasteiger charge is 2.27. The fraction of sp³-hybridized carbons (Fsp3) is 0.0500. The second-order valence-electron chi connectivity index (χ2n) is 22.5. The van der Waals surface area contributed by atoms with Crippen LogP contribution in [-0.4, -0.2) is 81.7 Å². The smallest absolute Gasteiger partial charge is 0.258 e. The van der Waals surface area contributed by atoms with E-state index in [0.717, 1.165) is 50.6 Å². The summed E-state index contributed by atoms with van der Waals surface area (Å²) in [4.78, 5) is 95.8. The molecule has 14 nitrogen and oxygen atoms in total. The molecule has 0 saturated heterocycles. The number of pyridine rings is 4. The summed E-state index contributed by atoms with van der Waals surface area (Å²) >= 11 is 0. The molecule has 0 fully saturated rings. The minimum Gasteiger partial charge on any atom is -0.310 e. The second kappa shape index (κ2) is 26.8. The quantitative estimate of drug-likeness (QED) is 0.0911. The molecular weight excluding hydrogens is 1160 g/mol. The zero-order chi connectivity index (χ0) is 64.7. The van der Waals surface area contributed by atoms with Crippen LogP contribution in [0.15, 0.2) is 292 Å². The van der Waals surface area contributed by atoms with E-state index in [1.807, 2.05) is 218 Å². The van der Waals surface area contributed by atoms with E-state index >= 15 is 19.2 Å². The summed E-state index contributed by atoms with van der Waals surface area (Å²) in [6.07, 6.45) is 10.1. The molecule has 0 radical (unpaired) electrons. The number of nitrogens with zero attached hydrogens (tertiary/aromatic N) is 10. The highest BCUT2D eigenvalue weighted by Crippen LogP contribution is 2.42. The second-order valence-corrected chi connectivity index (χ2v) is 22.5. The number of hydrogen-bond donors (Lipinski definition) is 0. The zero-order valence-corrected chi connectivity index (χ0v) is 51.8. The molecule has 0 bridgehead atoms. The number of rotatable bonds is 16. The van der Waals surface area contributed by atoms with Gasteiger partial charge in [-0.2, -0.15) is 0 Å². The number of hydrogen-bond acceptors (Lipinski definition) is 10. The Morgan fingerprint density at radius 2 is 0.511 bits per heavy atom. The van der Waals surface area contributed by atoms with E-state index < -0.39 is 23.6 Å². The van der Waals surface area contributed by atoms with Gasteiger partial charge in [0.25, 0.3) is 23.6 Å². The molecular formula is C80H60N10O4. The average molecular weight is 1230 g/mol. The number of carbonyl (C=O) groups is 4. The van der Waals surface area contributed by atoms with Crippen molar-refractivity contribution in [3.05, 3.63) is 314 Å². The fourth-order valence-corrected chi connectivity index (χ4v) is 11.3. The van der Waals surface area contributed by atoms with Gasteiger partial charge in [-0.1, -0.05) is 170 Å². The lowest BCUT2D eigenvalue weighted by molar-refractivity contribution is 0.0978. The van der Waals surface area contributed by atoms with Gasteiger partial charge in [-0.15, -0.1) is 0 Å². The van der Waals surface area contributed by atoms with E-state index in [-0.39, 0.29) is 22.3 Å². The van der Waals surface area contributed by atoms with Gasteiger partial charge in [0.15, 0.2) is 5.82 Å².